The number of alkyl halides is 1. The number of aryl methyl sites for hydroxylation is 2. The van der Waals surface area contributed by atoms with Gasteiger partial charge in [0.15, 0.2) is 0 Å². The molecule has 0 saturated carbocycles. The molecule has 0 atom stereocenters. The maximum absolute atomic E-state index is 5.80. The van der Waals surface area contributed by atoms with Crippen molar-refractivity contribution in [3.05, 3.63) is 34.9 Å². The second-order valence-electron chi connectivity index (χ2n) is 4.71. The van der Waals surface area contributed by atoms with Crippen LogP contribution in [0.25, 0.3) is 0 Å². The first kappa shape index (κ1) is 11.0. The van der Waals surface area contributed by atoms with Gasteiger partial charge in [0.05, 0.1) is 0 Å². The lowest BCUT2D eigenvalue weighted by Gasteiger charge is -2.38. The zero-order valence-corrected chi connectivity index (χ0v) is 10.2. The van der Waals surface area contributed by atoms with Gasteiger partial charge in [0, 0.05) is 25.5 Å². The van der Waals surface area contributed by atoms with Crippen molar-refractivity contribution in [3.8, 4) is 0 Å². The van der Waals surface area contributed by atoms with Crippen molar-refractivity contribution in [2.75, 3.05) is 19.0 Å². The van der Waals surface area contributed by atoms with E-state index in [0.29, 0.717) is 0 Å². The number of likely N-dealkylation sites (tertiary alicyclic amines) is 1. The fourth-order valence-electron chi connectivity index (χ4n) is 2.32. The van der Waals surface area contributed by atoms with Crippen LogP contribution in [0.3, 0.4) is 0 Å². The van der Waals surface area contributed by atoms with Crippen LogP contribution in [-0.2, 0) is 6.54 Å². The Labute approximate surface area is 97.0 Å². The van der Waals surface area contributed by atoms with Crippen LogP contribution in [0.15, 0.2) is 18.2 Å². The second-order valence-corrected chi connectivity index (χ2v) is 5.02. The molecule has 1 saturated heterocycles. The summed E-state index contributed by atoms with van der Waals surface area (Å²) in [5, 5.41) is 0. The van der Waals surface area contributed by atoms with E-state index in [0.717, 1.165) is 31.4 Å². The van der Waals surface area contributed by atoms with Crippen molar-refractivity contribution >= 4 is 11.6 Å². The molecule has 0 N–H and O–H groups in total. The largest absolute Gasteiger partial charge is 0.298 e. The normalized spacial score (nSPS) is 17.8. The first-order valence-electron chi connectivity index (χ1n) is 5.53. The number of hydrogen-bond donors (Lipinski definition) is 0. The molecule has 0 unspecified atom stereocenters. The smallest absolute Gasteiger partial charge is 0.0276 e. The summed E-state index contributed by atoms with van der Waals surface area (Å²) < 4.78 is 0. The van der Waals surface area contributed by atoms with Crippen LogP contribution in [-0.4, -0.2) is 23.9 Å². The first-order valence-corrected chi connectivity index (χ1v) is 6.06. The van der Waals surface area contributed by atoms with Gasteiger partial charge in [-0.15, -0.1) is 11.6 Å². The molecule has 1 aliphatic rings. The third-order valence-corrected chi connectivity index (χ3v) is 3.38. The lowest BCUT2D eigenvalue weighted by Crippen LogP contribution is -2.46. The van der Waals surface area contributed by atoms with Crippen molar-refractivity contribution in [2.45, 2.75) is 20.4 Å². The molecule has 1 fully saturated rings. The summed E-state index contributed by atoms with van der Waals surface area (Å²) in [5.74, 6) is 1.53. The summed E-state index contributed by atoms with van der Waals surface area (Å²) in [7, 11) is 0. The molecule has 1 aromatic carbocycles. The highest BCUT2D eigenvalue weighted by molar-refractivity contribution is 6.18. The van der Waals surface area contributed by atoms with E-state index < -0.39 is 0 Å². The van der Waals surface area contributed by atoms with Crippen LogP contribution < -0.4 is 0 Å². The van der Waals surface area contributed by atoms with Crippen LogP contribution in [0.2, 0.25) is 0 Å². The topological polar surface area (TPSA) is 3.24 Å². The van der Waals surface area contributed by atoms with Gasteiger partial charge < -0.3 is 0 Å². The van der Waals surface area contributed by atoms with E-state index in [2.05, 4.69) is 36.9 Å². The average molecular weight is 224 g/mol. The molecule has 82 valence electrons. The van der Waals surface area contributed by atoms with Gasteiger partial charge in [0.1, 0.15) is 0 Å². The van der Waals surface area contributed by atoms with Gasteiger partial charge in [-0.3, -0.25) is 4.90 Å². The van der Waals surface area contributed by atoms with E-state index in [1.165, 1.54) is 16.7 Å². The van der Waals surface area contributed by atoms with E-state index in [1.54, 1.807) is 0 Å². The molecular formula is C13H18ClN. The summed E-state index contributed by atoms with van der Waals surface area (Å²) in [6, 6.07) is 6.78. The third kappa shape index (κ3) is 2.73. The number of benzene rings is 1. The Morgan fingerprint density at radius 2 is 1.80 bits per heavy atom. The molecule has 1 aliphatic heterocycles. The molecular weight excluding hydrogens is 206 g/mol. The SMILES string of the molecule is Cc1cc(C)cc(CN2CC(CCl)C2)c1. The molecule has 1 aromatic rings. The Balaban J connectivity index is 1.94. The summed E-state index contributed by atoms with van der Waals surface area (Å²) in [5.41, 5.74) is 4.15. The predicted molar refractivity (Wildman–Crippen MR) is 65.4 cm³/mol. The van der Waals surface area contributed by atoms with Crippen LogP contribution >= 0.6 is 11.6 Å². The van der Waals surface area contributed by atoms with Crippen LogP contribution in [0.5, 0.6) is 0 Å². The second kappa shape index (κ2) is 4.54. The van der Waals surface area contributed by atoms with E-state index in [-0.39, 0.29) is 0 Å². The lowest BCUT2D eigenvalue weighted by atomic mass is 10.0. The van der Waals surface area contributed by atoms with E-state index >= 15 is 0 Å². The molecule has 0 amide bonds. The Hall–Kier alpha value is -0.530. The summed E-state index contributed by atoms with van der Waals surface area (Å²) in [4.78, 5) is 2.46. The Morgan fingerprint density at radius 1 is 1.20 bits per heavy atom. The molecule has 0 aliphatic carbocycles. The summed E-state index contributed by atoms with van der Waals surface area (Å²) >= 11 is 5.80. The van der Waals surface area contributed by atoms with Crippen molar-refractivity contribution in [2.24, 2.45) is 5.92 Å². The highest BCUT2D eigenvalue weighted by Crippen LogP contribution is 2.20. The lowest BCUT2D eigenvalue weighted by molar-refractivity contribution is 0.107. The van der Waals surface area contributed by atoms with Gasteiger partial charge in [-0.05, 0) is 25.3 Å². The molecule has 0 spiro atoms. The zero-order chi connectivity index (χ0) is 10.8. The molecule has 1 nitrogen and oxygen atoms in total. The monoisotopic (exact) mass is 223 g/mol. The van der Waals surface area contributed by atoms with Crippen molar-refractivity contribution in [3.63, 3.8) is 0 Å². The van der Waals surface area contributed by atoms with Gasteiger partial charge >= 0.3 is 0 Å². The van der Waals surface area contributed by atoms with Crippen LogP contribution in [0.1, 0.15) is 16.7 Å². The quantitative estimate of drug-likeness (QED) is 0.713. The number of hydrogen-bond acceptors (Lipinski definition) is 1. The minimum absolute atomic E-state index is 0.720. The average Bonchev–Trinajstić information content (AvgIpc) is 2.08. The Bertz CT molecular complexity index is 322. The number of halogens is 1. The molecule has 0 radical (unpaired) electrons. The molecule has 2 rings (SSSR count). The maximum Gasteiger partial charge on any atom is 0.0276 e. The van der Waals surface area contributed by atoms with E-state index in [9.17, 15) is 0 Å². The first-order chi connectivity index (χ1) is 7.17. The van der Waals surface area contributed by atoms with E-state index in [1.807, 2.05) is 0 Å². The molecule has 15 heavy (non-hydrogen) atoms. The van der Waals surface area contributed by atoms with Crippen molar-refractivity contribution in [1.29, 1.82) is 0 Å². The molecule has 0 aromatic heterocycles. The van der Waals surface area contributed by atoms with Crippen LogP contribution in [0.4, 0.5) is 0 Å². The fraction of sp³-hybridized carbons (Fsp3) is 0.538. The standard InChI is InChI=1S/C13H18ClN/c1-10-3-11(2)5-12(4-10)7-15-8-13(6-14)9-15/h3-5,13H,6-9H2,1-2H3. The highest BCUT2D eigenvalue weighted by atomic mass is 35.5. The van der Waals surface area contributed by atoms with Crippen molar-refractivity contribution < 1.29 is 0 Å². The van der Waals surface area contributed by atoms with Gasteiger partial charge in [0.2, 0.25) is 0 Å². The minimum Gasteiger partial charge on any atom is -0.298 e. The number of rotatable bonds is 3. The van der Waals surface area contributed by atoms with Gasteiger partial charge in [-0.1, -0.05) is 29.3 Å². The Kier molecular flexibility index (Phi) is 3.32. The third-order valence-electron chi connectivity index (χ3n) is 2.94. The van der Waals surface area contributed by atoms with Crippen molar-refractivity contribution in [1.82, 2.24) is 4.90 Å². The highest BCUT2D eigenvalue weighted by Gasteiger charge is 2.25. The van der Waals surface area contributed by atoms with E-state index in [4.69, 9.17) is 11.6 Å². The molecule has 2 heteroatoms. The minimum atomic E-state index is 0.720. The van der Waals surface area contributed by atoms with Gasteiger partial charge in [0.25, 0.3) is 0 Å². The molecule has 0 bridgehead atoms. The summed E-state index contributed by atoms with van der Waals surface area (Å²) in [6.07, 6.45) is 0. The Morgan fingerprint density at radius 3 is 2.33 bits per heavy atom. The fourth-order valence-corrected chi connectivity index (χ4v) is 2.52. The maximum atomic E-state index is 5.80. The van der Waals surface area contributed by atoms with Crippen LogP contribution in [0, 0.1) is 19.8 Å². The zero-order valence-electron chi connectivity index (χ0n) is 9.46. The molecule has 1 heterocycles. The van der Waals surface area contributed by atoms with Gasteiger partial charge in [-0.2, -0.15) is 0 Å². The van der Waals surface area contributed by atoms with Gasteiger partial charge in [-0.25, -0.2) is 0 Å². The summed E-state index contributed by atoms with van der Waals surface area (Å²) in [6.45, 7) is 7.73. The number of nitrogens with zero attached hydrogens (tertiary/aromatic N) is 1. The predicted octanol–water partition coefficient (Wildman–Crippen LogP) is 2.97.